The first-order valence-electron chi connectivity index (χ1n) is 1.51. The first kappa shape index (κ1) is 4.61. The molecule has 0 saturated carbocycles. The van der Waals surface area contributed by atoms with E-state index in [1.54, 1.807) is 0 Å². The third-order valence-corrected chi connectivity index (χ3v) is 0.992. The number of hydrogen-bond donors (Lipinski definition) is 0. The molecule has 1 rings (SSSR count). The Bertz CT molecular complexity index is 160. The maximum absolute atomic E-state index is 10.2. The zero-order chi connectivity index (χ0) is 5.28. The van der Waals surface area contributed by atoms with E-state index in [-0.39, 0.29) is 10.5 Å². The van der Waals surface area contributed by atoms with Gasteiger partial charge in [-0.05, 0) is 0 Å². The third kappa shape index (κ3) is 0.730. The molecule has 4 nitrogen and oxygen atoms in total. The molecular weight excluding hydrogens is 161 g/mol. The van der Waals surface area contributed by atoms with Gasteiger partial charge in [-0.1, -0.05) is 0 Å². The van der Waals surface area contributed by atoms with Gasteiger partial charge < -0.3 is 0 Å². The van der Waals surface area contributed by atoms with Crippen LogP contribution in [0, 0.1) is 0 Å². The second-order valence-electron chi connectivity index (χ2n) is 0.900. The van der Waals surface area contributed by atoms with Crippen LogP contribution in [0.1, 0.15) is 0 Å². The van der Waals surface area contributed by atoms with Crippen LogP contribution in [0.25, 0.3) is 0 Å². The van der Waals surface area contributed by atoms with E-state index in [0.29, 0.717) is 0 Å². The first-order chi connectivity index (χ1) is 3.30. The van der Waals surface area contributed by atoms with Gasteiger partial charge in [0.05, 0.1) is 0 Å². The number of carbonyl (C=O) groups excluding carboxylic acids is 1. The van der Waals surface area contributed by atoms with E-state index >= 15 is 0 Å². The molecule has 0 aromatic heterocycles. The van der Waals surface area contributed by atoms with Crippen LogP contribution in [0.3, 0.4) is 0 Å². The third-order valence-electron chi connectivity index (χ3n) is 0.454. The molecule has 0 aromatic carbocycles. The van der Waals surface area contributed by atoms with E-state index in [9.17, 15) is 4.79 Å². The van der Waals surface area contributed by atoms with Crippen LogP contribution >= 0.6 is 0 Å². The predicted molar refractivity (Wildman–Crippen MR) is 23.1 cm³/mol. The number of carbonyl (C=O) groups is 1. The summed E-state index contributed by atoms with van der Waals surface area (Å²) in [5.74, 6) is -0.389. The molecule has 0 fully saturated rings. The fourth-order valence-corrected chi connectivity index (χ4v) is 0.351. The molecule has 1 aliphatic heterocycles. The molecule has 0 atom stereocenters. The van der Waals surface area contributed by atoms with Crippen LogP contribution in [0.2, 0.25) is 0 Å². The fourth-order valence-electron chi connectivity index (χ4n) is 0.189. The molecule has 35 valence electrons. The molecule has 1 aliphatic rings. The Morgan fingerprint density at radius 1 is 1.57 bits per heavy atom. The van der Waals surface area contributed by atoms with Crippen molar-refractivity contribution in [2.24, 2.45) is 15.4 Å². The summed E-state index contributed by atoms with van der Waals surface area (Å²) in [5, 5.41) is 9.43. The van der Waals surface area contributed by atoms with E-state index < -0.39 is 0 Å². The van der Waals surface area contributed by atoms with E-state index in [4.69, 9.17) is 0 Å². The Kier molecular flexibility index (Phi) is 1.00. The van der Waals surface area contributed by atoms with E-state index in [1.807, 2.05) is 0 Å². The average molecular weight is 161 g/mol. The van der Waals surface area contributed by atoms with Crippen molar-refractivity contribution < 1.29 is 4.79 Å². The molecule has 0 spiro atoms. The van der Waals surface area contributed by atoms with Crippen molar-refractivity contribution in [1.29, 1.82) is 0 Å². The summed E-state index contributed by atoms with van der Waals surface area (Å²) in [5.41, 5.74) is 0. The van der Waals surface area contributed by atoms with Crippen LogP contribution < -0.4 is 0 Å². The molecule has 0 saturated heterocycles. The summed E-state index contributed by atoms with van der Waals surface area (Å²) in [7, 11) is 0. The quantitative estimate of drug-likeness (QED) is 0.440. The van der Waals surface area contributed by atoms with Gasteiger partial charge in [-0.25, -0.2) is 0 Å². The van der Waals surface area contributed by atoms with Crippen LogP contribution in [0.4, 0.5) is 0 Å². The molecular formula is C2N3OSe. The van der Waals surface area contributed by atoms with Gasteiger partial charge in [-0.2, -0.15) is 0 Å². The van der Waals surface area contributed by atoms with E-state index in [1.165, 1.54) is 0 Å². The summed E-state index contributed by atoms with van der Waals surface area (Å²) in [6.45, 7) is 0. The molecule has 7 heavy (non-hydrogen) atoms. The second-order valence-corrected chi connectivity index (χ2v) is 1.71. The topological polar surface area (TPSA) is 54.1 Å². The normalized spacial score (nSPS) is 17.7. The molecule has 0 unspecified atom stereocenters. The SMILES string of the molecule is O=C1N=NN=C1[Se]. The molecule has 1 radical (unpaired) electrons. The van der Waals surface area contributed by atoms with Gasteiger partial charge in [0.2, 0.25) is 0 Å². The zero-order valence-electron chi connectivity index (χ0n) is 3.16. The van der Waals surface area contributed by atoms with Gasteiger partial charge in [-0.15, -0.1) is 0 Å². The number of nitrogens with zero attached hydrogens (tertiary/aromatic N) is 3. The van der Waals surface area contributed by atoms with Crippen molar-refractivity contribution >= 4 is 26.5 Å². The minimum atomic E-state index is -0.389. The Hall–Kier alpha value is -0.541. The molecule has 0 bridgehead atoms. The van der Waals surface area contributed by atoms with E-state index in [2.05, 4.69) is 31.5 Å². The monoisotopic (exact) mass is 162 g/mol. The molecule has 1 heterocycles. The van der Waals surface area contributed by atoms with Crippen molar-refractivity contribution in [3.8, 4) is 0 Å². The van der Waals surface area contributed by atoms with Gasteiger partial charge in [0.1, 0.15) is 0 Å². The molecule has 0 N–H and O–H groups in total. The Morgan fingerprint density at radius 3 is 2.43 bits per heavy atom. The Labute approximate surface area is 47.5 Å². The van der Waals surface area contributed by atoms with Crippen molar-refractivity contribution in [2.45, 2.75) is 0 Å². The number of hydrogen-bond acceptors (Lipinski definition) is 3. The summed E-state index contributed by atoms with van der Waals surface area (Å²) in [4.78, 5) is 10.2. The molecule has 5 heteroatoms. The van der Waals surface area contributed by atoms with Gasteiger partial charge in [-0.3, -0.25) is 0 Å². The molecule has 1 amide bonds. The summed E-state index contributed by atoms with van der Waals surface area (Å²) in [6, 6.07) is 0. The van der Waals surface area contributed by atoms with Crippen molar-refractivity contribution in [3.63, 3.8) is 0 Å². The summed E-state index contributed by atoms with van der Waals surface area (Å²) < 4.78 is 0.236. The number of rotatable bonds is 0. The van der Waals surface area contributed by atoms with Gasteiger partial charge >= 0.3 is 46.8 Å². The zero-order valence-corrected chi connectivity index (χ0v) is 4.87. The molecule has 0 aromatic rings. The van der Waals surface area contributed by atoms with Crippen LogP contribution in [-0.2, 0) is 4.79 Å². The summed E-state index contributed by atoms with van der Waals surface area (Å²) in [6.07, 6.45) is 0. The average Bonchev–Trinajstić information content (AvgIpc) is 1.91. The van der Waals surface area contributed by atoms with Crippen molar-refractivity contribution in [3.05, 3.63) is 0 Å². The Morgan fingerprint density at radius 2 is 2.29 bits per heavy atom. The fraction of sp³-hybridized carbons (Fsp3) is 0. The first-order valence-corrected chi connectivity index (χ1v) is 2.36. The predicted octanol–water partition coefficient (Wildman–Crippen LogP) is -0.539. The summed E-state index contributed by atoms with van der Waals surface area (Å²) >= 11 is 2.40. The Balaban J connectivity index is 2.89. The van der Waals surface area contributed by atoms with Gasteiger partial charge in [0.25, 0.3) is 0 Å². The van der Waals surface area contributed by atoms with Crippen molar-refractivity contribution in [2.75, 3.05) is 0 Å². The standard InChI is InChI=1S/C2N3OSe/c6-1-2(7)4-5-3-1. The van der Waals surface area contributed by atoms with Crippen molar-refractivity contribution in [1.82, 2.24) is 0 Å². The van der Waals surface area contributed by atoms with Gasteiger partial charge in [0.15, 0.2) is 0 Å². The number of amides is 1. The van der Waals surface area contributed by atoms with Crippen LogP contribution in [-0.4, -0.2) is 26.5 Å². The maximum atomic E-state index is 10.2. The molecule has 0 aliphatic carbocycles. The van der Waals surface area contributed by atoms with Gasteiger partial charge in [0, 0.05) is 0 Å². The van der Waals surface area contributed by atoms with Crippen LogP contribution in [0.5, 0.6) is 0 Å². The second kappa shape index (κ2) is 1.52. The van der Waals surface area contributed by atoms with Crippen LogP contribution in [0.15, 0.2) is 15.4 Å². The minimum absolute atomic E-state index is 0.236. The van der Waals surface area contributed by atoms with E-state index in [0.717, 1.165) is 0 Å².